The largest absolute Gasteiger partial charge is 0.488 e. The third-order valence-electron chi connectivity index (χ3n) is 8.47. The van der Waals surface area contributed by atoms with E-state index in [9.17, 15) is 14.3 Å². The molecule has 4 aromatic rings. The zero-order chi connectivity index (χ0) is 27.6. The molecular formula is C31H37FN4O4. The number of aliphatic hydroxyl groups is 1. The number of nitrogens with one attached hydrogen (secondary N) is 2. The Morgan fingerprint density at radius 1 is 1.10 bits per heavy atom. The minimum absolute atomic E-state index is 0.107. The number of fused-ring (bicyclic) bond motifs is 2. The maximum atomic E-state index is 13.5. The fraction of sp³-hybridized carbons (Fsp3) is 0.452. The molecule has 212 valence electrons. The zero-order valence-corrected chi connectivity index (χ0v) is 22.9. The Morgan fingerprint density at radius 2 is 1.90 bits per heavy atom. The normalized spacial score (nSPS) is 21.3. The van der Waals surface area contributed by atoms with Crippen molar-refractivity contribution >= 4 is 27.8 Å². The summed E-state index contributed by atoms with van der Waals surface area (Å²) in [5, 5.41) is 14.8. The Morgan fingerprint density at radius 3 is 2.73 bits per heavy atom. The van der Waals surface area contributed by atoms with Crippen molar-refractivity contribution in [2.24, 2.45) is 5.92 Å². The van der Waals surface area contributed by atoms with Gasteiger partial charge in [0.15, 0.2) is 0 Å². The van der Waals surface area contributed by atoms with Crippen LogP contribution in [0.3, 0.4) is 0 Å². The number of rotatable bonds is 8. The highest BCUT2D eigenvalue weighted by Crippen LogP contribution is 2.29. The lowest BCUT2D eigenvalue weighted by Crippen LogP contribution is -2.48. The van der Waals surface area contributed by atoms with Crippen LogP contribution in [0.2, 0.25) is 0 Å². The van der Waals surface area contributed by atoms with Crippen LogP contribution in [0.5, 0.6) is 5.75 Å². The fourth-order valence-corrected chi connectivity index (χ4v) is 5.97. The van der Waals surface area contributed by atoms with E-state index in [1.807, 2.05) is 24.3 Å². The smallest absolute Gasteiger partial charge is 0.267 e. The number of aliphatic hydroxyl groups excluding tert-OH is 1. The van der Waals surface area contributed by atoms with Gasteiger partial charge in [0.1, 0.15) is 29.5 Å². The van der Waals surface area contributed by atoms with Crippen molar-refractivity contribution in [3.05, 3.63) is 65.8 Å². The third-order valence-corrected chi connectivity index (χ3v) is 8.47. The van der Waals surface area contributed by atoms with Gasteiger partial charge in [0, 0.05) is 73.2 Å². The van der Waals surface area contributed by atoms with E-state index in [4.69, 9.17) is 9.15 Å². The van der Waals surface area contributed by atoms with Gasteiger partial charge in [-0.15, -0.1) is 0 Å². The Kier molecular flexibility index (Phi) is 7.78. The molecule has 3 N–H and O–H groups in total. The maximum absolute atomic E-state index is 13.5. The number of carbonyl (C=O) groups is 1. The number of H-pyrrole nitrogens is 1. The summed E-state index contributed by atoms with van der Waals surface area (Å²) < 4.78 is 25.1. The number of carbonyl (C=O) groups excluding carboxylic acids is 1. The summed E-state index contributed by atoms with van der Waals surface area (Å²) in [4.78, 5) is 21.3. The van der Waals surface area contributed by atoms with Crippen LogP contribution in [-0.2, 0) is 6.61 Å². The summed E-state index contributed by atoms with van der Waals surface area (Å²) in [5.41, 5.74) is 2.66. The first-order valence-electron chi connectivity index (χ1n) is 14.3. The molecule has 40 heavy (non-hydrogen) atoms. The van der Waals surface area contributed by atoms with Gasteiger partial charge >= 0.3 is 0 Å². The zero-order valence-electron chi connectivity index (χ0n) is 22.9. The monoisotopic (exact) mass is 548 g/mol. The van der Waals surface area contributed by atoms with E-state index in [-0.39, 0.29) is 30.5 Å². The van der Waals surface area contributed by atoms with Gasteiger partial charge in [-0.2, -0.15) is 0 Å². The van der Waals surface area contributed by atoms with E-state index in [0.717, 1.165) is 80.4 Å². The van der Waals surface area contributed by atoms with Crippen LogP contribution >= 0.6 is 0 Å². The highest BCUT2D eigenvalue weighted by atomic mass is 19.1. The second kappa shape index (κ2) is 11.6. The van der Waals surface area contributed by atoms with Crippen molar-refractivity contribution in [2.75, 3.05) is 39.3 Å². The molecule has 0 saturated carbocycles. The van der Waals surface area contributed by atoms with Crippen LogP contribution < -0.4 is 10.1 Å². The number of hydrogen-bond acceptors (Lipinski definition) is 6. The van der Waals surface area contributed by atoms with Gasteiger partial charge in [0.05, 0.1) is 12.4 Å². The summed E-state index contributed by atoms with van der Waals surface area (Å²) in [7, 11) is 0. The maximum Gasteiger partial charge on any atom is 0.267 e. The first-order valence-corrected chi connectivity index (χ1v) is 14.3. The molecular weight excluding hydrogens is 511 g/mol. The van der Waals surface area contributed by atoms with E-state index < -0.39 is 0 Å². The van der Waals surface area contributed by atoms with Gasteiger partial charge in [-0.05, 0) is 55.5 Å². The van der Waals surface area contributed by atoms with Gasteiger partial charge in [-0.25, -0.2) is 4.39 Å². The quantitative estimate of drug-likeness (QED) is 0.300. The van der Waals surface area contributed by atoms with Crippen LogP contribution in [0.1, 0.15) is 42.2 Å². The number of piperidine rings is 2. The number of furan rings is 1. The predicted octanol–water partition coefficient (Wildman–Crippen LogP) is 4.53. The van der Waals surface area contributed by atoms with Gasteiger partial charge < -0.3 is 34.4 Å². The Bertz CT molecular complexity index is 1470. The molecule has 0 unspecified atom stereocenters. The number of amides is 1. The first kappa shape index (κ1) is 26.8. The second-order valence-corrected chi connectivity index (χ2v) is 11.3. The summed E-state index contributed by atoms with van der Waals surface area (Å²) in [5.74, 6) is 0.554. The molecule has 2 saturated heterocycles. The first-order chi connectivity index (χ1) is 19.4. The summed E-state index contributed by atoms with van der Waals surface area (Å²) >= 11 is 0. The van der Waals surface area contributed by atoms with Crippen LogP contribution in [0.4, 0.5) is 4.39 Å². The van der Waals surface area contributed by atoms with Crippen molar-refractivity contribution in [3.63, 3.8) is 0 Å². The van der Waals surface area contributed by atoms with Crippen molar-refractivity contribution < 1.29 is 23.4 Å². The lowest BCUT2D eigenvalue weighted by molar-refractivity contribution is 0.0301. The number of nitrogens with zero attached hydrogens (tertiary/aromatic N) is 2. The molecule has 0 bridgehead atoms. The molecule has 2 aliphatic heterocycles. The topological polar surface area (TPSA) is 94.0 Å². The molecule has 8 nitrogen and oxygen atoms in total. The van der Waals surface area contributed by atoms with E-state index in [1.54, 1.807) is 12.3 Å². The predicted molar refractivity (Wildman–Crippen MR) is 152 cm³/mol. The van der Waals surface area contributed by atoms with Gasteiger partial charge in [-0.3, -0.25) is 4.79 Å². The molecule has 2 fully saturated rings. The standard InChI is InChI=1S/C31H37FN4O4/c1-20-17-36(12-9-28(20)37)14-13-35-10-7-23(8-11-35)33-31(38)27-16-25-26(34-27)3-2-4-29(25)39-18-21-19-40-30-15-22(32)5-6-24(21)30/h2-6,15-16,19-20,23,28,34,37H,7-14,17-18H2,1H3,(H,33,38)/t20-,28-/m0/s1. The SMILES string of the molecule is C[C@H]1CN(CCN2CCC(NC(=O)c3cc4c(OCc5coc6cc(F)ccc56)cccc4[nH]3)CC2)CC[C@@H]1O. The van der Waals surface area contributed by atoms with E-state index in [1.165, 1.54) is 12.1 Å². The number of aromatic nitrogens is 1. The number of ether oxygens (including phenoxy) is 1. The molecule has 2 aliphatic rings. The van der Waals surface area contributed by atoms with Crippen LogP contribution in [0.15, 0.2) is 53.1 Å². The third kappa shape index (κ3) is 5.87. The lowest BCUT2D eigenvalue weighted by Gasteiger charge is -2.37. The van der Waals surface area contributed by atoms with Crippen LogP contribution in [0, 0.1) is 11.7 Å². The molecule has 9 heteroatoms. The van der Waals surface area contributed by atoms with E-state index >= 15 is 0 Å². The Balaban J connectivity index is 1.02. The molecule has 0 spiro atoms. The number of benzene rings is 2. The fourth-order valence-electron chi connectivity index (χ4n) is 5.97. The average Bonchev–Trinajstić information content (AvgIpc) is 3.57. The number of hydrogen-bond donors (Lipinski definition) is 3. The summed E-state index contributed by atoms with van der Waals surface area (Å²) in [6.45, 7) is 8.32. The van der Waals surface area contributed by atoms with Crippen LogP contribution in [0.25, 0.3) is 21.9 Å². The molecule has 2 atom stereocenters. The van der Waals surface area contributed by atoms with Crippen molar-refractivity contribution in [2.45, 2.75) is 44.9 Å². The van der Waals surface area contributed by atoms with Crippen LogP contribution in [-0.4, -0.2) is 77.2 Å². The molecule has 2 aromatic carbocycles. The molecule has 4 heterocycles. The van der Waals surface area contributed by atoms with Gasteiger partial charge in [-0.1, -0.05) is 13.0 Å². The molecule has 1 amide bonds. The number of halogens is 1. The number of aromatic amines is 1. The second-order valence-electron chi connectivity index (χ2n) is 11.3. The molecule has 6 rings (SSSR count). The van der Waals surface area contributed by atoms with E-state index in [2.05, 4.69) is 27.0 Å². The highest BCUT2D eigenvalue weighted by Gasteiger charge is 2.26. The Labute approximate surface area is 233 Å². The van der Waals surface area contributed by atoms with Crippen molar-refractivity contribution in [1.82, 2.24) is 20.1 Å². The molecule has 0 radical (unpaired) electrons. The lowest BCUT2D eigenvalue weighted by atomic mass is 9.97. The molecule has 0 aliphatic carbocycles. The number of likely N-dealkylation sites (tertiary alicyclic amines) is 2. The van der Waals surface area contributed by atoms with Crippen molar-refractivity contribution in [3.8, 4) is 5.75 Å². The summed E-state index contributed by atoms with van der Waals surface area (Å²) in [6, 6.07) is 12.2. The minimum Gasteiger partial charge on any atom is -0.488 e. The summed E-state index contributed by atoms with van der Waals surface area (Å²) in [6.07, 6.45) is 4.14. The Hall–Kier alpha value is -3.40. The van der Waals surface area contributed by atoms with Gasteiger partial charge in [0.2, 0.25) is 0 Å². The van der Waals surface area contributed by atoms with Crippen molar-refractivity contribution in [1.29, 1.82) is 0 Å². The minimum atomic E-state index is -0.340. The van der Waals surface area contributed by atoms with Gasteiger partial charge in [0.25, 0.3) is 5.91 Å². The highest BCUT2D eigenvalue weighted by molar-refractivity contribution is 5.99. The van der Waals surface area contributed by atoms with E-state index in [0.29, 0.717) is 22.9 Å². The average molecular weight is 549 g/mol. The molecule has 2 aromatic heterocycles.